The zero-order valence-corrected chi connectivity index (χ0v) is 11.3. The molecule has 1 aliphatic heterocycles. The van der Waals surface area contributed by atoms with Crippen molar-refractivity contribution in [2.75, 3.05) is 13.1 Å². The Labute approximate surface area is 113 Å². The predicted molar refractivity (Wildman–Crippen MR) is 73.2 cm³/mol. The molecule has 0 bridgehead atoms. The molecule has 2 rings (SSSR count). The number of benzene rings is 1. The molecule has 1 aromatic carbocycles. The molecule has 1 fully saturated rings. The highest BCUT2D eigenvalue weighted by molar-refractivity contribution is 5.83. The van der Waals surface area contributed by atoms with Gasteiger partial charge in [0.15, 0.2) is 0 Å². The molecular formula is C15H21FN2O. The second kappa shape index (κ2) is 6.15. The first-order valence-corrected chi connectivity index (χ1v) is 6.93. The van der Waals surface area contributed by atoms with Crippen LogP contribution in [0.3, 0.4) is 0 Å². The predicted octanol–water partition coefficient (Wildman–Crippen LogP) is 2.27. The van der Waals surface area contributed by atoms with Crippen molar-refractivity contribution in [1.82, 2.24) is 4.90 Å². The molecule has 0 aromatic heterocycles. The Hall–Kier alpha value is -1.42. The van der Waals surface area contributed by atoms with Crippen LogP contribution in [0.15, 0.2) is 24.3 Å². The van der Waals surface area contributed by atoms with Gasteiger partial charge in [-0.2, -0.15) is 0 Å². The third-order valence-corrected chi connectivity index (χ3v) is 3.87. The van der Waals surface area contributed by atoms with E-state index in [4.69, 9.17) is 5.73 Å². The van der Waals surface area contributed by atoms with E-state index >= 15 is 0 Å². The SMILES string of the molecule is CC[C@@H](c1ccc(F)cc1)[C@H](N)C(=O)N1CCCC1. The van der Waals surface area contributed by atoms with Crippen molar-refractivity contribution in [2.24, 2.45) is 5.73 Å². The van der Waals surface area contributed by atoms with Crippen LogP contribution < -0.4 is 5.73 Å². The Kier molecular flexibility index (Phi) is 4.53. The van der Waals surface area contributed by atoms with E-state index in [-0.39, 0.29) is 17.6 Å². The van der Waals surface area contributed by atoms with E-state index in [1.54, 1.807) is 12.1 Å². The van der Waals surface area contributed by atoms with Crippen molar-refractivity contribution in [3.63, 3.8) is 0 Å². The second-order valence-electron chi connectivity index (χ2n) is 5.12. The number of likely N-dealkylation sites (tertiary alicyclic amines) is 1. The van der Waals surface area contributed by atoms with Crippen LogP contribution in [-0.4, -0.2) is 29.9 Å². The fraction of sp³-hybridized carbons (Fsp3) is 0.533. The molecule has 0 aliphatic carbocycles. The lowest BCUT2D eigenvalue weighted by atomic mass is 9.89. The number of amides is 1. The number of hydrogen-bond donors (Lipinski definition) is 1. The van der Waals surface area contributed by atoms with E-state index in [0.717, 1.165) is 37.9 Å². The van der Waals surface area contributed by atoms with Gasteiger partial charge in [0.1, 0.15) is 5.82 Å². The quantitative estimate of drug-likeness (QED) is 0.906. The first-order chi connectivity index (χ1) is 9.13. The molecule has 19 heavy (non-hydrogen) atoms. The van der Waals surface area contributed by atoms with Crippen LogP contribution in [0.25, 0.3) is 0 Å². The van der Waals surface area contributed by atoms with Crippen LogP contribution in [0, 0.1) is 5.82 Å². The molecule has 0 saturated carbocycles. The van der Waals surface area contributed by atoms with Gasteiger partial charge in [0.2, 0.25) is 5.91 Å². The van der Waals surface area contributed by atoms with E-state index < -0.39 is 6.04 Å². The molecule has 2 atom stereocenters. The van der Waals surface area contributed by atoms with Crippen molar-refractivity contribution in [3.05, 3.63) is 35.6 Å². The molecule has 2 N–H and O–H groups in total. The summed E-state index contributed by atoms with van der Waals surface area (Å²) in [5.74, 6) is -0.291. The molecular weight excluding hydrogens is 243 g/mol. The van der Waals surface area contributed by atoms with E-state index in [1.165, 1.54) is 12.1 Å². The summed E-state index contributed by atoms with van der Waals surface area (Å²) in [6, 6.07) is 5.76. The van der Waals surface area contributed by atoms with Crippen LogP contribution in [0.1, 0.15) is 37.7 Å². The molecule has 104 valence electrons. The number of hydrogen-bond acceptors (Lipinski definition) is 2. The van der Waals surface area contributed by atoms with Gasteiger partial charge in [0.25, 0.3) is 0 Å². The van der Waals surface area contributed by atoms with Crippen molar-refractivity contribution in [2.45, 2.75) is 38.1 Å². The molecule has 0 radical (unpaired) electrons. The van der Waals surface area contributed by atoms with Crippen LogP contribution >= 0.6 is 0 Å². The summed E-state index contributed by atoms with van der Waals surface area (Å²) in [6.07, 6.45) is 2.89. The Bertz CT molecular complexity index is 426. The molecule has 1 heterocycles. The van der Waals surface area contributed by atoms with Gasteiger partial charge in [-0.15, -0.1) is 0 Å². The molecule has 1 aromatic rings. The third-order valence-electron chi connectivity index (χ3n) is 3.87. The minimum Gasteiger partial charge on any atom is -0.341 e. The van der Waals surface area contributed by atoms with Gasteiger partial charge in [0, 0.05) is 19.0 Å². The molecule has 4 heteroatoms. The lowest BCUT2D eigenvalue weighted by Crippen LogP contribution is -2.45. The highest BCUT2D eigenvalue weighted by Gasteiger charge is 2.29. The van der Waals surface area contributed by atoms with Gasteiger partial charge in [-0.05, 0) is 37.0 Å². The summed E-state index contributed by atoms with van der Waals surface area (Å²) in [7, 11) is 0. The summed E-state index contributed by atoms with van der Waals surface area (Å²) >= 11 is 0. The maximum atomic E-state index is 13.0. The number of carbonyl (C=O) groups is 1. The number of carbonyl (C=O) groups excluding carboxylic acids is 1. The van der Waals surface area contributed by atoms with Gasteiger partial charge in [-0.1, -0.05) is 19.1 Å². The first kappa shape index (κ1) is 14.0. The van der Waals surface area contributed by atoms with Gasteiger partial charge in [0.05, 0.1) is 6.04 Å². The molecule has 0 unspecified atom stereocenters. The molecule has 3 nitrogen and oxygen atoms in total. The molecule has 1 amide bonds. The molecule has 1 saturated heterocycles. The van der Waals surface area contributed by atoms with Gasteiger partial charge < -0.3 is 10.6 Å². The highest BCUT2D eigenvalue weighted by atomic mass is 19.1. The zero-order valence-electron chi connectivity index (χ0n) is 11.3. The number of halogens is 1. The largest absolute Gasteiger partial charge is 0.341 e. The van der Waals surface area contributed by atoms with Crippen molar-refractivity contribution < 1.29 is 9.18 Å². The number of rotatable bonds is 4. The summed E-state index contributed by atoms with van der Waals surface area (Å²) in [4.78, 5) is 14.2. The average molecular weight is 264 g/mol. The molecule has 1 aliphatic rings. The maximum Gasteiger partial charge on any atom is 0.240 e. The van der Waals surface area contributed by atoms with E-state index in [9.17, 15) is 9.18 Å². The van der Waals surface area contributed by atoms with E-state index in [0.29, 0.717) is 0 Å². The highest BCUT2D eigenvalue weighted by Crippen LogP contribution is 2.24. The Morgan fingerprint density at radius 3 is 2.42 bits per heavy atom. The summed E-state index contributed by atoms with van der Waals surface area (Å²) < 4.78 is 13.0. The standard InChI is InChI=1S/C15H21FN2O/c1-2-13(11-5-7-12(16)8-6-11)14(17)15(19)18-9-3-4-10-18/h5-8,13-14H,2-4,9-10,17H2,1H3/t13-,14-/m0/s1. The monoisotopic (exact) mass is 264 g/mol. The summed E-state index contributed by atoms with van der Waals surface area (Å²) in [5.41, 5.74) is 7.07. The van der Waals surface area contributed by atoms with Crippen LogP contribution in [0.4, 0.5) is 4.39 Å². The maximum absolute atomic E-state index is 13.0. The van der Waals surface area contributed by atoms with E-state index in [2.05, 4.69) is 0 Å². The van der Waals surface area contributed by atoms with Crippen LogP contribution in [-0.2, 0) is 4.79 Å². The van der Waals surface area contributed by atoms with Crippen LogP contribution in [0.2, 0.25) is 0 Å². The van der Waals surface area contributed by atoms with Crippen molar-refractivity contribution in [1.29, 1.82) is 0 Å². The van der Waals surface area contributed by atoms with Gasteiger partial charge in [-0.3, -0.25) is 4.79 Å². The second-order valence-corrected chi connectivity index (χ2v) is 5.12. The zero-order chi connectivity index (χ0) is 13.8. The summed E-state index contributed by atoms with van der Waals surface area (Å²) in [6.45, 7) is 3.63. The average Bonchev–Trinajstić information content (AvgIpc) is 2.94. The van der Waals surface area contributed by atoms with Gasteiger partial charge >= 0.3 is 0 Å². The Morgan fingerprint density at radius 2 is 1.89 bits per heavy atom. The number of nitrogens with two attached hydrogens (primary N) is 1. The fourth-order valence-electron chi connectivity index (χ4n) is 2.73. The topological polar surface area (TPSA) is 46.3 Å². The van der Waals surface area contributed by atoms with Crippen molar-refractivity contribution >= 4 is 5.91 Å². The minimum atomic E-state index is -0.534. The normalized spacial score (nSPS) is 18.4. The van der Waals surface area contributed by atoms with Gasteiger partial charge in [-0.25, -0.2) is 4.39 Å². The smallest absolute Gasteiger partial charge is 0.240 e. The first-order valence-electron chi connectivity index (χ1n) is 6.93. The van der Waals surface area contributed by atoms with E-state index in [1.807, 2.05) is 11.8 Å². The minimum absolute atomic E-state index is 0.0219. The summed E-state index contributed by atoms with van der Waals surface area (Å²) in [5, 5.41) is 0. The van der Waals surface area contributed by atoms with Crippen LogP contribution in [0.5, 0.6) is 0 Å². The Morgan fingerprint density at radius 1 is 1.32 bits per heavy atom. The lowest BCUT2D eigenvalue weighted by Gasteiger charge is -2.26. The fourth-order valence-corrected chi connectivity index (χ4v) is 2.73. The number of nitrogens with zero attached hydrogens (tertiary/aromatic N) is 1. The Balaban J connectivity index is 2.11. The van der Waals surface area contributed by atoms with Crippen molar-refractivity contribution in [3.8, 4) is 0 Å². The third kappa shape index (κ3) is 3.13. The molecule has 0 spiro atoms. The lowest BCUT2D eigenvalue weighted by molar-refractivity contribution is -0.132.